The molecule has 4 saturated heterocycles. The Kier molecular flexibility index (Phi) is 19.3. The number of rotatable bonds is 15. The summed E-state index contributed by atoms with van der Waals surface area (Å²) in [6.45, 7) is 17.2. The lowest BCUT2D eigenvalue weighted by atomic mass is 9.32. The number of allylic oxidation sites excluding steroid dienone is 1. The number of hydrogen-bond donors (Lipinski definition) is 15. The van der Waals surface area contributed by atoms with Gasteiger partial charge < -0.3 is 119 Å². The van der Waals surface area contributed by atoms with E-state index in [1.807, 2.05) is 27.7 Å². The van der Waals surface area contributed by atoms with Crippen LogP contribution in [-0.2, 0) is 52.2 Å². The highest BCUT2D eigenvalue weighted by molar-refractivity contribution is 5.73. The van der Waals surface area contributed by atoms with Crippen molar-refractivity contribution in [1.82, 2.24) is 0 Å². The van der Waals surface area contributed by atoms with Crippen LogP contribution < -0.4 is 0 Å². The van der Waals surface area contributed by atoms with Gasteiger partial charge in [0.2, 0.25) is 0 Å². The molecule has 0 aromatic carbocycles. The molecule has 15 N–H and O–H groups in total. The molecule has 8 fully saturated rings. The molecule has 9 aliphatic rings. The van der Waals surface area contributed by atoms with Crippen molar-refractivity contribution in [3.8, 4) is 0 Å². The van der Waals surface area contributed by atoms with Gasteiger partial charge in [-0.15, -0.1) is 0 Å². The largest absolute Gasteiger partial charge is 0.479 e. The molecular formula is C59H96O26. The summed E-state index contributed by atoms with van der Waals surface area (Å²) in [6.07, 6.45) is -36.7. The summed E-state index contributed by atoms with van der Waals surface area (Å²) >= 11 is 0. The second-order valence-electron chi connectivity index (χ2n) is 28.3. The summed E-state index contributed by atoms with van der Waals surface area (Å²) in [7, 11) is 0. The van der Waals surface area contributed by atoms with Crippen molar-refractivity contribution in [2.24, 2.45) is 56.2 Å². The van der Waals surface area contributed by atoms with E-state index in [2.05, 4.69) is 33.8 Å². The molecule has 9 rings (SSSR count). The highest BCUT2D eigenvalue weighted by Crippen LogP contribution is 2.76. The van der Waals surface area contributed by atoms with Crippen LogP contribution in [0.5, 0.6) is 0 Å². The first-order valence-corrected chi connectivity index (χ1v) is 30.4. The van der Waals surface area contributed by atoms with E-state index in [9.17, 15) is 86.2 Å². The molecule has 32 atom stereocenters. The van der Waals surface area contributed by atoms with Crippen molar-refractivity contribution in [3.63, 3.8) is 0 Å². The summed E-state index contributed by atoms with van der Waals surface area (Å²) in [6, 6.07) is 0. The van der Waals surface area contributed by atoms with Crippen LogP contribution in [0.25, 0.3) is 0 Å². The fraction of sp³-hybridized carbons (Fsp3) is 0.932. The van der Waals surface area contributed by atoms with Gasteiger partial charge in [-0.1, -0.05) is 74.0 Å². The minimum atomic E-state index is -2.29. The Labute approximate surface area is 494 Å². The third kappa shape index (κ3) is 10.9. The lowest BCUT2D eigenvalue weighted by Crippen LogP contribution is -2.74. The van der Waals surface area contributed by atoms with Gasteiger partial charge >= 0.3 is 11.9 Å². The molecule has 4 aliphatic heterocycles. The predicted molar refractivity (Wildman–Crippen MR) is 289 cm³/mol. The molecule has 4 saturated carbocycles. The molecule has 488 valence electrons. The lowest BCUT2D eigenvalue weighted by molar-refractivity contribution is -0.406. The average molecular weight is 1220 g/mol. The van der Waals surface area contributed by atoms with Crippen molar-refractivity contribution in [1.29, 1.82) is 0 Å². The Hall–Kier alpha value is -2.20. The number of aliphatic carboxylic acids is 1. The van der Waals surface area contributed by atoms with Gasteiger partial charge in [-0.3, -0.25) is 4.79 Å². The van der Waals surface area contributed by atoms with Crippen LogP contribution in [0.3, 0.4) is 0 Å². The minimum Gasteiger partial charge on any atom is -0.479 e. The third-order valence-corrected chi connectivity index (χ3v) is 22.8. The summed E-state index contributed by atoms with van der Waals surface area (Å²) < 4.78 is 55.5. The number of esters is 1. The zero-order valence-electron chi connectivity index (χ0n) is 50.2. The Morgan fingerprint density at radius 3 is 1.80 bits per heavy atom. The maximum absolute atomic E-state index is 13.9. The van der Waals surface area contributed by atoms with E-state index in [4.69, 9.17) is 42.6 Å². The van der Waals surface area contributed by atoms with Crippen LogP contribution in [0.4, 0.5) is 0 Å². The number of carboxylic acid groups (broad SMARTS) is 1. The van der Waals surface area contributed by atoms with E-state index in [0.29, 0.717) is 44.9 Å². The highest BCUT2D eigenvalue weighted by Gasteiger charge is 2.75. The molecule has 0 unspecified atom stereocenters. The predicted octanol–water partition coefficient (Wildman–Crippen LogP) is -1.93. The Morgan fingerprint density at radius 2 is 1.20 bits per heavy atom. The highest BCUT2D eigenvalue weighted by atomic mass is 16.8. The van der Waals surface area contributed by atoms with Crippen molar-refractivity contribution in [3.05, 3.63) is 11.6 Å². The van der Waals surface area contributed by atoms with Crippen molar-refractivity contribution in [2.75, 3.05) is 19.8 Å². The van der Waals surface area contributed by atoms with Crippen LogP contribution in [0, 0.1) is 56.2 Å². The monoisotopic (exact) mass is 1220 g/mol. The normalized spacial score (nSPS) is 52.5. The molecule has 85 heavy (non-hydrogen) atoms. The molecule has 26 heteroatoms. The number of fused-ring (bicyclic) bond motifs is 7. The van der Waals surface area contributed by atoms with Gasteiger partial charge in [0.05, 0.1) is 49.5 Å². The minimum absolute atomic E-state index is 0.132. The fourth-order valence-electron chi connectivity index (χ4n) is 17.4. The van der Waals surface area contributed by atoms with Gasteiger partial charge in [0.1, 0.15) is 97.7 Å². The van der Waals surface area contributed by atoms with Crippen molar-refractivity contribution >= 4 is 11.9 Å². The Morgan fingerprint density at radius 1 is 0.635 bits per heavy atom. The molecule has 0 bridgehead atoms. The maximum atomic E-state index is 13.9. The smallest absolute Gasteiger partial charge is 0.335 e. The molecule has 0 aromatic rings. The SMILES string of the molecule is CC[C@H](C)C(=O)O[C@@H]1[C@H](O)[C@]2(C)C(=CC[C@H]3[C@@]4(C)CC[C@H](O[C@@H]5O[C@H](C(=O)O)[C@@H](O)[C@H](O[C@@H]6O[C@H](CO)[C@H](O)[C@H](O)[C@H]6O[C@@H]6O[C@@H](C)[C@H](O)[C@@H](O)[C@H]6O)[C@H]5O[C@@H]5O[C@H](CO)[C@@H](O)[C@H](O)[C@H]5O)C(C)(C)[C@@H]4CC[C@]32C)[C@H]2CC(C)(C)C[C@H](O)[C@@]21CO. The molecule has 0 spiro atoms. The quantitative estimate of drug-likeness (QED) is 0.0482. The lowest BCUT2D eigenvalue weighted by Gasteiger charge is -2.73. The second kappa shape index (κ2) is 24.4. The van der Waals surface area contributed by atoms with Gasteiger partial charge in [0.15, 0.2) is 31.3 Å². The third-order valence-electron chi connectivity index (χ3n) is 22.8. The van der Waals surface area contributed by atoms with Crippen LogP contribution in [0.2, 0.25) is 0 Å². The van der Waals surface area contributed by atoms with Gasteiger partial charge in [-0.25, -0.2) is 4.79 Å². The molecule has 26 nitrogen and oxygen atoms in total. The molecule has 0 amide bonds. The second-order valence-corrected chi connectivity index (χ2v) is 28.3. The molecule has 5 aliphatic carbocycles. The molecule has 0 aromatic heterocycles. The van der Waals surface area contributed by atoms with Crippen LogP contribution >= 0.6 is 0 Å². The Bertz CT molecular complexity index is 2390. The number of carboxylic acids is 1. The van der Waals surface area contributed by atoms with Crippen molar-refractivity contribution in [2.45, 2.75) is 268 Å². The molecule has 4 heterocycles. The van der Waals surface area contributed by atoms with E-state index >= 15 is 0 Å². The zero-order valence-corrected chi connectivity index (χ0v) is 50.2. The van der Waals surface area contributed by atoms with E-state index in [1.54, 1.807) is 6.92 Å². The number of ether oxygens (including phenoxy) is 9. The van der Waals surface area contributed by atoms with Crippen LogP contribution in [-0.4, -0.2) is 256 Å². The number of aliphatic hydroxyl groups excluding tert-OH is 14. The van der Waals surface area contributed by atoms with Gasteiger partial charge in [0.25, 0.3) is 0 Å². The number of carbonyl (C=O) groups excluding carboxylic acids is 1. The number of aliphatic hydroxyl groups is 14. The Balaban J connectivity index is 1.07. The average Bonchev–Trinajstić information content (AvgIpc) is 0.696. The van der Waals surface area contributed by atoms with Crippen LogP contribution in [0.15, 0.2) is 11.6 Å². The van der Waals surface area contributed by atoms with E-state index in [-0.39, 0.29) is 23.7 Å². The summed E-state index contributed by atoms with van der Waals surface area (Å²) in [5.41, 5.74) is -3.90. The van der Waals surface area contributed by atoms with Gasteiger partial charge in [0, 0.05) is 5.41 Å². The first-order chi connectivity index (χ1) is 39.7. The fourth-order valence-corrected chi connectivity index (χ4v) is 17.4. The summed E-state index contributed by atoms with van der Waals surface area (Å²) in [4.78, 5) is 27.1. The topological polar surface area (TPSA) is 421 Å². The number of carbonyl (C=O) groups is 2. The van der Waals surface area contributed by atoms with E-state index in [1.165, 1.54) is 6.92 Å². The maximum Gasteiger partial charge on any atom is 0.335 e. The van der Waals surface area contributed by atoms with E-state index in [0.717, 1.165) is 5.57 Å². The van der Waals surface area contributed by atoms with Crippen LogP contribution in [0.1, 0.15) is 121 Å². The molecular weight excluding hydrogens is 1120 g/mol. The van der Waals surface area contributed by atoms with Gasteiger partial charge in [-0.05, 0) is 97.7 Å². The summed E-state index contributed by atoms with van der Waals surface area (Å²) in [5.74, 6) is -3.54. The molecule has 0 radical (unpaired) electrons. The van der Waals surface area contributed by atoms with E-state index < -0.39 is 218 Å². The van der Waals surface area contributed by atoms with Gasteiger partial charge in [-0.2, -0.15) is 0 Å². The zero-order chi connectivity index (χ0) is 62.7. The standard InChI is InChI=1S/C59H96O26/c1-11-23(2)49(76)85-47-46(73)58(10)25(26-18-54(4,5)19-31(63)59(26,47)22-62)12-13-30-56(8)16-15-32(55(6,7)29(56)14-17-57(30,58)9)80-53-45(84-51-40(71)37(68)34(65)27(20-60)78-51)42(41(72)43(82-53)48(74)75)81-52-44(38(69)35(66)28(21-61)79-52)83-50-39(70)36(67)33(64)24(3)77-50/h12,23-24,26-47,50-53,60-73H,11,13-22H2,1-10H3,(H,74,75)/t23-,24-,26+,27+,28+,29-,30-,31-,32-,33-,34+,35-,36+,37-,38-,39+,40+,41-,42-,43-,44+,45+,46-,47+,50-,51-,52-,53+,56-,57+,58-,59+/m0/s1. The first kappa shape index (κ1) is 67.2. The van der Waals surface area contributed by atoms with Crippen molar-refractivity contribution < 1.29 is 129 Å². The number of hydrogen-bond acceptors (Lipinski definition) is 25. The summed E-state index contributed by atoms with van der Waals surface area (Å²) in [5, 5.41) is 168. The first-order valence-electron chi connectivity index (χ1n) is 30.4.